The molecule has 0 spiro atoms. The van der Waals surface area contributed by atoms with E-state index in [0.717, 1.165) is 15.2 Å². The number of para-hydroxylation sites is 1. The number of thiazole rings is 1. The van der Waals surface area contributed by atoms with Crippen LogP contribution in [0.2, 0.25) is 0 Å². The molecule has 0 aliphatic carbocycles. The van der Waals surface area contributed by atoms with Gasteiger partial charge in [0, 0.05) is 12.1 Å². The fraction of sp³-hybridized carbons (Fsp3) is 0.0714. The molecule has 0 aliphatic heterocycles. The lowest BCUT2D eigenvalue weighted by Gasteiger charge is -2.02. The van der Waals surface area contributed by atoms with Gasteiger partial charge in [-0.2, -0.15) is 4.73 Å². The molecule has 2 aromatic heterocycles. The number of carbonyl (C=O) groups is 1. The summed E-state index contributed by atoms with van der Waals surface area (Å²) in [6.07, 6.45) is 2.60. The van der Waals surface area contributed by atoms with Crippen LogP contribution in [0.15, 0.2) is 48.8 Å². The van der Waals surface area contributed by atoms with Crippen LogP contribution in [0.1, 0.15) is 15.4 Å². The van der Waals surface area contributed by atoms with Crippen molar-refractivity contribution in [1.29, 1.82) is 0 Å². The Morgan fingerprint density at radius 2 is 2.00 bits per heavy atom. The molecule has 0 bridgehead atoms. The summed E-state index contributed by atoms with van der Waals surface area (Å²) in [7, 11) is 0. The summed E-state index contributed by atoms with van der Waals surface area (Å²) in [5.41, 5.74) is 1.40. The van der Waals surface area contributed by atoms with E-state index >= 15 is 0 Å². The van der Waals surface area contributed by atoms with E-state index in [4.69, 9.17) is 0 Å². The highest BCUT2D eigenvalue weighted by atomic mass is 32.1. The van der Waals surface area contributed by atoms with Gasteiger partial charge >= 0.3 is 0 Å². The molecule has 0 unspecified atom stereocenters. The maximum atomic E-state index is 11.9. The standard InChI is InChI=1S/C14H11N3O2S/c18-14(10-5-7-17(19)8-6-10)15-9-13-16-11-3-1-2-4-12(11)20-13/h1-8H,9H2,(H,15,18). The van der Waals surface area contributed by atoms with Gasteiger partial charge in [0.15, 0.2) is 12.4 Å². The van der Waals surface area contributed by atoms with E-state index in [1.165, 1.54) is 24.5 Å². The van der Waals surface area contributed by atoms with Crippen LogP contribution in [0.4, 0.5) is 0 Å². The van der Waals surface area contributed by atoms with Crippen molar-refractivity contribution < 1.29 is 9.52 Å². The van der Waals surface area contributed by atoms with Gasteiger partial charge in [0.25, 0.3) is 5.91 Å². The lowest BCUT2D eigenvalue weighted by Crippen LogP contribution is -2.27. The van der Waals surface area contributed by atoms with Gasteiger partial charge in [0.05, 0.1) is 22.3 Å². The van der Waals surface area contributed by atoms with Crippen molar-refractivity contribution in [3.63, 3.8) is 0 Å². The van der Waals surface area contributed by atoms with Crippen molar-refractivity contribution in [2.24, 2.45) is 0 Å². The monoisotopic (exact) mass is 285 g/mol. The normalized spacial score (nSPS) is 10.6. The molecule has 5 nitrogen and oxygen atoms in total. The molecule has 0 aliphatic rings. The van der Waals surface area contributed by atoms with E-state index < -0.39 is 0 Å². The molecule has 0 atom stereocenters. The lowest BCUT2D eigenvalue weighted by molar-refractivity contribution is -0.605. The van der Waals surface area contributed by atoms with Crippen LogP contribution in [0.5, 0.6) is 0 Å². The second-order valence-corrected chi connectivity index (χ2v) is 5.32. The highest BCUT2D eigenvalue weighted by Crippen LogP contribution is 2.21. The van der Waals surface area contributed by atoms with Gasteiger partial charge in [-0.15, -0.1) is 11.3 Å². The van der Waals surface area contributed by atoms with Gasteiger partial charge in [-0.1, -0.05) is 12.1 Å². The second kappa shape index (κ2) is 5.26. The first-order chi connectivity index (χ1) is 9.72. The molecule has 100 valence electrons. The molecule has 3 aromatic rings. The Hall–Kier alpha value is -2.47. The predicted molar refractivity (Wildman–Crippen MR) is 76.2 cm³/mol. The highest BCUT2D eigenvalue weighted by molar-refractivity contribution is 7.18. The minimum atomic E-state index is -0.218. The molecular weight excluding hydrogens is 274 g/mol. The van der Waals surface area contributed by atoms with Crippen LogP contribution in [-0.4, -0.2) is 10.9 Å². The first-order valence-electron chi connectivity index (χ1n) is 6.04. The summed E-state index contributed by atoms with van der Waals surface area (Å²) < 4.78 is 1.74. The van der Waals surface area contributed by atoms with Crippen molar-refractivity contribution >= 4 is 27.5 Å². The zero-order chi connectivity index (χ0) is 13.9. The van der Waals surface area contributed by atoms with E-state index in [1.807, 2.05) is 24.3 Å². The van der Waals surface area contributed by atoms with Crippen LogP contribution >= 0.6 is 11.3 Å². The van der Waals surface area contributed by atoms with Crippen molar-refractivity contribution in [3.05, 3.63) is 64.6 Å². The van der Waals surface area contributed by atoms with E-state index in [-0.39, 0.29) is 5.91 Å². The van der Waals surface area contributed by atoms with Crippen LogP contribution in [0, 0.1) is 5.21 Å². The molecule has 1 N–H and O–H groups in total. The minimum Gasteiger partial charge on any atom is -0.619 e. The third kappa shape index (κ3) is 2.60. The van der Waals surface area contributed by atoms with Crippen LogP contribution in [0.25, 0.3) is 10.2 Å². The van der Waals surface area contributed by atoms with E-state index in [1.54, 1.807) is 11.3 Å². The average Bonchev–Trinajstić information content (AvgIpc) is 2.88. The highest BCUT2D eigenvalue weighted by Gasteiger charge is 2.08. The number of pyridine rings is 1. The zero-order valence-corrected chi connectivity index (χ0v) is 11.3. The average molecular weight is 285 g/mol. The molecule has 2 heterocycles. The van der Waals surface area contributed by atoms with Gasteiger partial charge in [-0.05, 0) is 12.1 Å². The van der Waals surface area contributed by atoms with Gasteiger partial charge in [-0.3, -0.25) is 4.79 Å². The van der Waals surface area contributed by atoms with Gasteiger partial charge in [-0.25, -0.2) is 4.98 Å². The summed E-state index contributed by atoms with van der Waals surface area (Å²) in [5, 5.41) is 14.5. The van der Waals surface area contributed by atoms with Gasteiger partial charge in [0.1, 0.15) is 5.01 Å². The molecule has 20 heavy (non-hydrogen) atoms. The summed E-state index contributed by atoms with van der Waals surface area (Å²) in [6.45, 7) is 0.379. The first-order valence-corrected chi connectivity index (χ1v) is 6.85. The molecule has 1 aromatic carbocycles. The molecule has 0 fully saturated rings. The quantitative estimate of drug-likeness (QED) is 0.590. The first kappa shape index (κ1) is 12.6. The van der Waals surface area contributed by atoms with E-state index in [0.29, 0.717) is 16.8 Å². The zero-order valence-electron chi connectivity index (χ0n) is 10.4. The van der Waals surface area contributed by atoms with Crippen LogP contribution in [-0.2, 0) is 6.54 Å². The van der Waals surface area contributed by atoms with Crippen molar-refractivity contribution in [3.8, 4) is 0 Å². The van der Waals surface area contributed by atoms with E-state index in [2.05, 4.69) is 10.3 Å². The van der Waals surface area contributed by atoms with Crippen molar-refractivity contribution in [2.45, 2.75) is 6.54 Å². The topological polar surface area (TPSA) is 68.9 Å². The Labute approximate surface area is 119 Å². The summed E-state index contributed by atoms with van der Waals surface area (Å²) in [6, 6.07) is 10.8. The number of rotatable bonds is 3. The van der Waals surface area contributed by atoms with Gasteiger partial charge < -0.3 is 10.5 Å². The number of hydrogen-bond donors (Lipinski definition) is 1. The smallest absolute Gasteiger partial charge is 0.252 e. The van der Waals surface area contributed by atoms with Crippen LogP contribution in [0.3, 0.4) is 0 Å². The molecule has 6 heteroatoms. The number of nitrogens with zero attached hydrogens (tertiary/aromatic N) is 2. The van der Waals surface area contributed by atoms with E-state index in [9.17, 15) is 10.0 Å². The molecule has 0 saturated heterocycles. The number of fused-ring (bicyclic) bond motifs is 1. The van der Waals surface area contributed by atoms with Crippen molar-refractivity contribution in [1.82, 2.24) is 10.3 Å². The summed E-state index contributed by atoms with van der Waals surface area (Å²) in [4.78, 5) is 16.3. The fourth-order valence-corrected chi connectivity index (χ4v) is 2.72. The second-order valence-electron chi connectivity index (χ2n) is 4.20. The Kier molecular flexibility index (Phi) is 3.30. The Morgan fingerprint density at radius 1 is 1.25 bits per heavy atom. The Bertz CT molecular complexity index is 719. The summed E-state index contributed by atoms with van der Waals surface area (Å²) in [5.74, 6) is -0.218. The number of benzene rings is 1. The molecule has 3 rings (SSSR count). The molecule has 1 amide bonds. The summed E-state index contributed by atoms with van der Waals surface area (Å²) >= 11 is 1.56. The number of nitrogens with one attached hydrogen (secondary N) is 1. The fourth-order valence-electron chi connectivity index (χ4n) is 1.82. The largest absolute Gasteiger partial charge is 0.619 e. The molecular formula is C14H11N3O2S. The van der Waals surface area contributed by atoms with Crippen LogP contribution < -0.4 is 10.0 Å². The van der Waals surface area contributed by atoms with Gasteiger partial charge in [0.2, 0.25) is 0 Å². The third-order valence-corrected chi connectivity index (χ3v) is 3.84. The number of hydrogen-bond acceptors (Lipinski definition) is 4. The molecule has 0 saturated carbocycles. The number of carbonyl (C=O) groups excluding carboxylic acids is 1. The predicted octanol–water partition coefficient (Wildman–Crippen LogP) is 1.86. The Balaban J connectivity index is 1.69. The maximum absolute atomic E-state index is 11.9. The SMILES string of the molecule is O=C(NCc1nc2ccccc2s1)c1cc[n+]([O-])cc1. The Morgan fingerprint density at radius 3 is 2.75 bits per heavy atom. The number of aromatic nitrogens is 2. The number of amides is 1. The lowest BCUT2D eigenvalue weighted by atomic mass is 10.2. The molecule has 0 radical (unpaired) electrons. The van der Waals surface area contributed by atoms with Crippen molar-refractivity contribution in [2.75, 3.05) is 0 Å². The minimum absolute atomic E-state index is 0.218. The third-order valence-electron chi connectivity index (χ3n) is 2.80. The maximum Gasteiger partial charge on any atom is 0.252 e.